The van der Waals surface area contributed by atoms with E-state index in [4.69, 9.17) is 4.74 Å². The van der Waals surface area contributed by atoms with E-state index in [0.717, 1.165) is 0 Å². The van der Waals surface area contributed by atoms with Crippen LogP contribution in [0.2, 0.25) is 0 Å². The highest BCUT2D eigenvalue weighted by molar-refractivity contribution is 6.43. The van der Waals surface area contributed by atoms with Gasteiger partial charge in [0.1, 0.15) is 5.71 Å². The summed E-state index contributed by atoms with van der Waals surface area (Å²) in [6.45, 7) is 3.54. The Morgan fingerprint density at radius 3 is 2.92 bits per heavy atom. The van der Waals surface area contributed by atoms with Crippen molar-refractivity contribution in [1.82, 2.24) is 10.3 Å². The molecule has 3 rings (SSSR count). The molecule has 8 nitrogen and oxygen atoms in total. The van der Waals surface area contributed by atoms with E-state index in [0.29, 0.717) is 37.4 Å². The molecule has 1 aromatic rings. The summed E-state index contributed by atoms with van der Waals surface area (Å²) in [5.74, 6) is -0.678. The minimum atomic E-state index is -0.385. The van der Waals surface area contributed by atoms with E-state index in [9.17, 15) is 14.4 Å². The smallest absolute Gasteiger partial charge is 0.271 e. The van der Waals surface area contributed by atoms with Crippen molar-refractivity contribution in [2.45, 2.75) is 25.8 Å². The SMILES string of the molecule is CC1COCCN1C(=O)c1cccc(NC(=O)C2=NNC(=O)CC2)c1. The Morgan fingerprint density at radius 1 is 1.36 bits per heavy atom. The molecule has 2 aliphatic rings. The van der Waals surface area contributed by atoms with E-state index in [2.05, 4.69) is 15.8 Å². The van der Waals surface area contributed by atoms with E-state index in [-0.39, 0.29) is 35.9 Å². The van der Waals surface area contributed by atoms with Crippen LogP contribution < -0.4 is 10.7 Å². The van der Waals surface area contributed by atoms with Gasteiger partial charge in [0.2, 0.25) is 5.91 Å². The molecule has 0 spiro atoms. The van der Waals surface area contributed by atoms with Gasteiger partial charge in [0.15, 0.2) is 0 Å². The molecule has 1 saturated heterocycles. The van der Waals surface area contributed by atoms with Gasteiger partial charge < -0.3 is 15.0 Å². The number of hydrogen-bond donors (Lipinski definition) is 2. The fourth-order valence-corrected chi connectivity index (χ4v) is 2.77. The number of morpholine rings is 1. The number of carbonyl (C=O) groups excluding carboxylic acids is 3. The van der Waals surface area contributed by atoms with E-state index >= 15 is 0 Å². The Balaban J connectivity index is 1.70. The van der Waals surface area contributed by atoms with Crippen LogP contribution in [0.15, 0.2) is 29.4 Å². The van der Waals surface area contributed by atoms with Crippen molar-refractivity contribution < 1.29 is 19.1 Å². The van der Waals surface area contributed by atoms with Crippen LogP contribution in [0, 0.1) is 0 Å². The van der Waals surface area contributed by atoms with E-state index < -0.39 is 0 Å². The van der Waals surface area contributed by atoms with Crippen LogP contribution in [0.5, 0.6) is 0 Å². The second-order valence-corrected chi connectivity index (χ2v) is 6.05. The maximum atomic E-state index is 12.7. The quantitative estimate of drug-likeness (QED) is 0.845. The zero-order chi connectivity index (χ0) is 17.8. The van der Waals surface area contributed by atoms with Gasteiger partial charge in [-0.2, -0.15) is 5.10 Å². The molecule has 0 aliphatic carbocycles. The lowest BCUT2D eigenvalue weighted by molar-refractivity contribution is -0.121. The number of nitrogens with zero attached hydrogens (tertiary/aromatic N) is 2. The molecule has 2 aliphatic heterocycles. The summed E-state index contributed by atoms with van der Waals surface area (Å²) in [5, 5.41) is 6.48. The molecule has 2 N–H and O–H groups in total. The van der Waals surface area contributed by atoms with Crippen LogP contribution in [0.4, 0.5) is 5.69 Å². The highest BCUT2D eigenvalue weighted by Crippen LogP contribution is 2.16. The minimum absolute atomic E-state index is 0.0136. The largest absolute Gasteiger partial charge is 0.377 e. The third-order valence-electron chi connectivity index (χ3n) is 4.16. The van der Waals surface area contributed by atoms with Gasteiger partial charge in [-0.15, -0.1) is 0 Å². The Hall–Kier alpha value is -2.74. The average Bonchev–Trinajstić information content (AvgIpc) is 2.62. The van der Waals surface area contributed by atoms with Crippen molar-refractivity contribution in [3.05, 3.63) is 29.8 Å². The summed E-state index contributed by atoms with van der Waals surface area (Å²) in [4.78, 5) is 37.7. The van der Waals surface area contributed by atoms with Crippen molar-refractivity contribution in [2.24, 2.45) is 5.10 Å². The van der Waals surface area contributed by atoms with E-state index in [1.807, 2.05) is 6.92 Å². The summed E-state index contributed by atoms with van der Waals surface area (Å²) in [6.07, 6.45) is 0.529. The van der Waals surface area contributed by atoms with Crippen LogP contribution in [0.3, 0.4) is 0 Å². The molecule has 3 amide bonds. The summed E-state index contributed by atoms with van der Waals surface area (Å²) in [5.41, 5.74) is 3.57. The predicted octanol–water partition coefficient (Wildman–Crippen LogP) is 0.752. The standard InChI is InChI=1S/C17H20N4O4/c1-11-10-25-8-7-21(11)17(24)12-3-2-4-13(9-12)18-16(23)14-5-6-15(22)20-19-14/h2-4,9,11H,5-8,10H2,1H3,(H,18,23)(H,20,22). The van der Waals surface area contributed by atoms with Crippen LogP contribution in [-0.2, 0) is 14.3 Å². The van der Waals surface area contributed by atoms with Crippen LogP contribution in [0.25, 0.3) is 0 Å². The van der Waals surface area contributed by atoms with Gasteiger partial charge in [-0.3, -0.25) is 14.4 Å². The maximum absolute atomic E-state index is 12.7. The van der Waals surface area contributed by atoms with Gasteiger partial charge in [-0.25, -0.2) is 5.43 Å². The van der Waals surface area contributed by atoms with Crippen molar-refractivity contribution in [2.75, 3.05) is 25.1 Å². The number of amides is 3. The lowest BCUT2D eigenvalue weighted by Crippen LogP contribution is -2.47. The molecule has 0 bridgehead atoms. The number of ether oxygens (including phenoxy) is 1. The molecule has 1 atom stereocenters. The van der Waals surface area contributed by atoms with Crippen molar-refractivity contribution in [3.63, 3.8) is 0 Å². The lowest BCUT2D eigenvalue weighted by atomic mass is 10.1. The van der Waals surface area contributed by atoms with Gasteiger partial charge in [-0.1, -0.05) is 6.07 Å². The molecule has 1 unspecified atom stereocenters. The normalized spacial score (nSPS) is 20.5. The molecule has 2 heterocycles. The summed E-state index contributed by atoms with van der Waals surface area (Å²) in [6, 6.07) is 6.81. The number of hydrazone groups is 1. The van der Waals surface area contributed by atoms with Crippen LogP contribution in [0.1, 0.15) is 30.1 Å². The van der Waals surface area contributed by atoms with Gasteiger partial charge >= 0.3 is 0 Å². The van der Waals surface area contributed by atoms with Crippen molar-refractivity contribution >= 4 is 29.1 Å². The number of benzene rings is 1. The summed E-state index contributed by atoms with van der Waals surface area (Å²) >= 11 is 0. The van der Waals surface area contributed by atoms with Gasteiger partial charge in [0, 0.05) is 30.6 Å². The van der Waals surface area contributed by atoms with Gasteiger partial charge in [-0.05, 0) is 25.1 Å². The first-order valence-electron chi connectivity index (χ1n) is 8.20. The Bertz CT molecular complexity index is 731. The number of rotatable bonds is 3. The highest BCUT2D eigenvalue weighted by Gasteiger charge is 2.25. The average molecular weight is 344 g/mol. The van der Waals surface area contributed by atoms with Crippen molar-refractivity contribution in [1.29, 1.82) is 0 Å². The molecule has 25 heavy (non-hydrogen) atoms. The monoisotopic (exact) mass is 344 g/mol. The van der Waals surface area contributed by atoms with Gasteiger partial charge in [0.25, 0.3) is 11.8 Å². The molecule has 132 valence electrons. The first-order valence-corrected chi connectivity index (χ1v) is 8.20. The zero-order valence-electron chi connectivity index (χ0n) is 13.9. The third kappa shape index (κ3) is 4.03. The fourth-order valence-electron chi connectivity index (χ4n) is 2.77. The fraction of sp³-hybridized carbons (Fsp3) is 0.412. The molecular weight excluding hydrogens is 324 g/mol. The number of anilines is 1. The second-order valence-electron chi connectivity index (χ2n) is 6.05. The number of hydrogen-bond acceptors (Lipinski definition) is 5. The first-order chi connectivity index (χ1) is 12.0. The molecule has 8 heteroatoms. The minimum Gasteiger partial charge on any atom is -0.377 e. The summed E-state index contributed by atoms with van der Waals surface area (Å²) < 4.78 is 5.36. The lowest BCUT2D eigenvalue weighted by Gasteiger charge is -2.33. The number of carbonyl (C=O) groups is 3. The molecule has 1 aromatic carbocycles. The third-order valence-corrected chi connectivity index (χ3v) is 4.16. The van der Waals surface area contributed by atoms with E-state index in [1.165, 1.54) is 0 Å². The number of nitrogens with one attached hydrogen (secondary N) is 2. The van der Waals surface area contributed by atoms with Crippen LogP contribution in [-0.4, -0.2) is 54.1 Å². The molecule has 0 radical (unpaired) electrons. The maximum Gasteiger partial charge on any atom is 0.271 e. The molecule has 1 fully saturated rings. The topological polar surface area (TPSA) is 100 Å². The van der Waals surface area contributed by atoms with Gasteiger partial charge in [0.05, 0.1) is 19.3 Å². The molecule has 0 saturated carbocycles. The zero-order valence-corrected chi connectivity index (χ0v) is 13.9. The predicted molar refractivity (Wildman–Crippen MR) is 91.2 cm³/mol. The Morgan fingerprint density at radius 2 is 2.20 bits per heavy atom. The van der Waals surface area contributed by atoms with E-state index in [1.54, 1.807) is 29.2 Å². The Kier molecular flexibility index (Phi) is 5.08. The molecule has 0 aromatic heterocycles. The summed E-state index contributed by atoms with van der Waals surface area (Å²) in [7, 11) is 0. The van der Waals surface area contributed by atoms with Crippen LogP contribution >= 0.6 is 0 Å². The second kappa shape index (κ2) is 7.43. The Labute approximate surface area is 145 Å². The first kappa shape index (κ1) is 17.1. The van der Waals surface area contributed by atoms with Crippen molar-refractivity contribution in [3.8, 4) is 0 Å². The molecular formula is C17H20N4O4. The highest BCUT2D eigenvalue weighted by atomic mass is 16.5.